The van der Waals surface area contributed by atoms with E-state index in [0.717, 1.165) is 0 Å². The van der Waals surface area contributed by atoms with Crippen LogP contribution in [0.1, 0.15) is 0 Å². The molecule has 78 valence electrons. The molecular weight excluding hydrogens is 200 g/mol. The number of nitrogens with zero attached hydrogens (tertiary/aromatic N) is 1. The highest BCUT2D eigenvalue weighted by molar-refractivity contribution is 5.70. The largest absolute Gasteiger partial charge is 0.426 e. The molecule has 15 heavy (non-hydrogen) atoms. The van der Waals surface area contributed by atoms with Crippen molar-refractivity contribution < 1.29 is 14.5 Å². The van der Waals surface area contributed by atoms with Gasteiger partial charge < -0.3 is 14.8 Å². The highest BCUT2D eigenvalue weighted by atomic mass is 16.7. The number of fused-ring (bicyclic) bond motifs is 1. The molecule has 1 heterocycles. The van der Waals surface area contributed by atoms with Crippen LogP contribution in [-0.2, 0) is 4.79 Å². The van der Waals surface area contributed by atoms with Crippen LogP contribution in [0.5, 0.6) is 5.75 Å². The molecule has 0 radical (unpaired) electrons. The van der Waals surface area contributed by atoms with Crippen molar-refractivity contribution >= 4 is 12.0 Å². The van der Waals surface area contributed by atoms with Crippen LogP contribution in [0, 0.1) is 10.1 Å². The number of nitrogens with one attached hydrogen (secondary N) is 1. The Morgan fingerprint density at radius 1 is 1.47 bits per heavy atom. The van der Waals surface area contributed by atoms with Gasteiger partial charge in [-0.2, -0.15) is 0 Å². The average molecular weight is 208 g/mol. The Labute approximate surface area is 85.0 Å². The van der Waals surface area contributed by atoms with E-state index in [9.17, 15) is 14.9 Å². The molecule has 6 nitrogen and oxygen atoms in total. The molecule has 0 bridgehead atoms. The Morgan fingerprint density at radius 3 is 2.87 bits per heavy atom. The van der Waals surface area contributed by atoms with Gasteiger partial charge in [0.05, 0.1) is 10.6 Å². The number of hydrogen-bond donors (Lipinski definition) is 1. The minimum atomic E-state index is -1.36. The fourth-order valence-corrected chi connectivity index (χ4v) is 1.42. The van der Waals surface area contributed by atoms with Gasteiger partial charge in [-0.25, -0.2) is 0 Å². The zero-order valence-electron chi connectivity index (χ0n) is 7.62. The Bertz CT molecular complexity index is 407. The standard InChI is InChI=1S/C9H8N2O4/c12-5-7-9(11(13)14)15-8-4-2-1-3-6(8)10-7/h1-5,7,9-10H. The monoisotopic (exact) mass is 208 g/mol. The maximum atomic E-state index is 10.6. The van der Waals surface area contributed by atoms with E-state index >= 15 is 0 Å². The predicted octanol–water partition coefficient (Wildman–Crippen LogP) is 0.661. The summed E-state index contributed by atoms with van der Waals surface area (Å²) in [5.41, 5.74) is 0.590. The molecule has 1 aromatic carbocycles. The summed E-state index contributed by atoms with van der Waals surface area (Å²) in [6, 6.07) is 5.82. The Hall–Kier alpha value is -2.11. The van der Waals surface area contributed by atoms with Crippen molar-refractivity contribution in [3.05, 3.63) is 34.4 Å². The predicted molar refractivity (Wildman–Crippen MR) is 51.3 cm³/mol. The fourth-order valence-electron chi connectivity index (χ4n) is 1.42. The summed E-state index contributed by atoms with van der Waals surface area (Å²) < 4.78 is 5.10. The second-order valence-electron chi connectivity index (χ2n) is 3.10. The maximum absolute atomic E-state index is 10.6. The number of nitro groups is 1. The number of para-hydroxylation sites is 2. The van der Waals surface area contributed by atoms with E-state index in [-0.39, 0.29) is 0 Å². The van der Waals surface area contributed by atoms with Crippen LogP contribution in [0.4, 0.5) is 5.69 Å². The number of hydrogen-bond acceptors (Lipinski definition) is 5. The smallest absolute Gasteiger partial charge is 0.381 e. The number of carbonyl (C=O) groups excluding carboxylic acids is 1. The lowest BCUT2D eigenvalue weighted by atomic mass is 10.2. The van der Waals surface area contributed by atoms with Gasteiger partial charge >= 0.3 is 6.23 Å². The summed E-state index contributed by atoms with van der Waals surface area (Å²) in [6.07, 6.45) is -0.888. The molecule has 2 atom stereocenters. The van der Waals surface area contributed by atoms with Crippen LogP contribution < -0.4 is 10.1 Å². The lowest BCUT2D eigenvalue weighted by molar-refractivity contribution is -0.563. The van der Waals surface area contributed by atoms with Gasteiger partial charge in [0.2, 0.25) is 0 Å². The highest BCUT2D eigenvalue weighted by Crippen LogP contribution is 2.30. The lowest BCUT2D eigenvalue weighted by Gasteiger charge is -2.26. The molecule has 0 amide bonds. The summed E-state index contributed by atoms with van der Waals surface area (Å²) in [5, 5.41) is 13.4. The first-order chi connectivity index (χ1) is 7.22. The molecule has 1 N–H and O–H groups in total. The first-order valence-corrected chi connectivity index (χ1v) is 4.33. The zero-order valence-corrected chi connectivity index (χ0v) is 7.62. The molecule has 0 aliphatic carbocycles. The van der Waals surface area contributed by atoms with Crippen molar-refractivity contribution in [2.24, 2.45) is 0 Å². The van der Waals surface area contributed by atoms with E-state index in [4.69, 9.17) is 4.74 Å². The molecule has 2 rings (SSSR count). The van der Waals surface area contributed by atoms with Crippen LogP contribution >= 0.6 is 0 Å². The van der Waals surface area contributed by atoms with Crippen LogP contribution in [-0.4, -0.2) is 23.5 Å². The van der Waals surface area contributed by atoms with Gasteiger partial charge in [-0.3, -0.25) is 10.1 Å². The summed E-state index contributed by atoms with van der Waals surface area (Å²) in [4.78, 5) is 20.6. The number of benzene rings is 1. The third kappa shape index (κ3) is 1.61. The second kappa shape index (κ2) is 3.56. The van der Waals surface area contributed by atoms with Crippen LogP contribution in [0.2, 0.25) is 0 Å². The summed E-state index contributed by atoms with van der Waals surface area (Å²) in [7, 11) is 0. The molecule has 0 saturated carbocycles. The first kappa shape index (κ1) is 9.45. The van der Waals surface area contributed by atoms with Crippen molar-refractivity contribution in [3.8, 4) is 5.75 Å². The van der Waals surface area contributed by atoms with Gasteiger partial charge in [-0.15, -0.1) is 0 Å². The minimum absolute atomic E-state index is 0.386. The van der Waals surface area contributed by atoms with Crippen molar-refractivity contribution in [1.29, 1.82) is 0 Å². The molecule has 1 aliphatic rings. The van der Waals surface area contributed by atoms with Crippen molar-refractivity contribution in [2.75, 3.05) is 5.32 Å². The summed E-state index contributed by atoms with van der Waals surface area (Å²) >= 11 is 0. The lowest BCUT2D eigenvalue weighted by Crippen LogP contribution is -2.47. The molecule has 0 saturated heterocycles. The number of aldehydes is 1. The second-order valence-corrected chi connectivity index (χ2v) is 3.10. The number of anilines is 1. The fraction of sp³-hybridized carbons (Fsp3) is 0.222. The number of ether oxygens (including phenoxy) is 1. The maximum Gasteiger partial charge on any atom is 0.381 e. The van der Waals surface area contributed by atoms with E-state index in [0.29, 0.717) is 17.7 Å². The van der Waals surface area contributed by atoms with Gasteiger partial charge in [0.25, 0.3) is 0 Å². The van der Waals surface area contributed by atoms with Crippen LogP contribution in [0.25, 0.3) is 0 Å². The van der Waals surface area contributed by atoms with E-state index < -0.39 is 17.2 Å². The van der Waals surface area contributed by atoms with E-state index in [1.165, 1.54) is 0 Å². The molecule has 2 unspecified atom stereocenters. The van der Waals surface area contributed by atoms with Crippen LogP contribution in [0.3, 0.4) is 0 Å². The Balaban J connectivity index is 2.34. The molecular formula is C9H8N2O4. The van der Waals surface area contributed by atoms with Gasteiger partial charge in [0.1, 0.15) is 5.75 Å². The third-order valence-electron chi connectivity index (χ3n) is 2.12. The van der Waals surface area contributed by atoms with E-state index in [2.05, 4.69) is 5.32 Å². The Morgan fingerprint density at radius 2 is 2.20 bits per heavy atom. The van der Waals surface area contributed by atoms with Gasteiger partial charge in [0.15, 0.2) is 12.3 Å². The summed E-state index contributed by atoms with van der Waals surface area (Å²) in [6.45, 7) is 0. The molecule has 1 aliphatic heterocycles. The zero-order chi connectivity index (χ0) is 10.8. The average Bonchev–Trinajstić information content (AvgIpc) is 2.27. The quantitative estimate of drug-likeness (QED) is 0.438. The molecule has 1 aromatic rings. The van der Waals surface area contributed by atoms with E-state index in [1.54, 1.807) is 24.3 Å². The Kier molecular flexibility index (Phi) is 2.24. The number of rotatable bonds is 2. The van der Waals surface area contributed by atoms with Gasteiger partial charge in [-0.1, -0.05) is 12.1 Å². The van der Waals surface area contributed by atoms with Crippen LogP contribution in [0.15, 0.2) is 24.3 Å². The molecule has 0 aromatic heterocycles. The summed E-state index contributed by atoms with van der Waals surface area (Å²) in [5.74, 6) is 0.386. The van der Waals surface area contributed by atoms with E-state index in [1.807, 2.05) is 0 Å². The highest BCUT2D eigenvalue weighted by Gasteiger charge is 2.38. The minimum Gasteiger partial charge on any atom is -0.426 e. The van der Waals surface area contributed by atoms with Crippen molar-refractivity contribution in [3.63, 3.8) is 0 Å². The number of carbonyl (C=O) groups is 1. The molecule has 0 spiro atoms. The van der Waals surface area contributed by atoms with Crippen molar-refractivity contribution in [2.45, 2.75) is 12.3 Å². The topological polar surface area (TPSA) is 81.5 Å². The van der Waals surface area contributed by atoms with Crippen molar-refractivity contribution in [1.82, 2.24) is 0 Å². The molecule has 0 fully saturated rings. The third-order valence-corrected chi connectivity index (χ3v) is 2.12. The van der Waals surface area contributed by atoms with Gasteiger partial charge in [0, 0.05) is 0 Å². The normalized spacial score (nSPS) is 23.2. The van der Waals surface area contributed by atoms with Gasteiger partial charge in [-0.05, 0) is 12.1 Å². The first-order valence-electron chi connectivity index (χ1n) is 4.33. The molecule has 6 heteroatoms. The SMILES string of the molecule is O=CC1Nc2ccccc2OC1[N+](=O)[O-].